The molecule has 4 heteroatoms. The van der Waals surface area contributed by atoms with Gasteiger partial charge in [-0.25, -0.2) is 0 Å². The van der Waals surface area contributed by atoms with Crippen molar-refractivity contribution < 1.29 is 0 Å². The van der Waals surface area contributed by atoms with E-state index in [-0.39, 0.29) is 0 Å². The molecule has 0 amide bonds. The number of rotatable bonds is 0. The predicted octanol–water partition coefficient (Wildman–Crippen LogP) is 4.20. The standard InChI is InChI=1S/C19H20ClN3/c1-22-7-6-18-15(11-22)14-8-13(20)9-16-19(14)23(18)17-5-3-2-4-12(17)10-21-16/h2-5,8-9,15,18,21H,6-7,10-11H2,1H3. The van der Waals surface area contributed by atoms with Crippen molar-refractivity contribution in [2.24, 2.45) is 0 Å². The highest BCUT2D eigenvalue weighted by Crippen LogP contribution is 2.54. The summed E-state index contributed by atoms with van der Waals surface area (Å²) in [5.41, 5.74) is 6.67. The third-order valence-corrected chi connectivity index (χ3v) is 5.79. The molecule has 2 unspecified atom stereocenters. The molecule has 0 spiro atoms. The molecule has 0 bridgehead atoms. The summed E-state index contributed by atoms with van der Waals surface area (Å²) in [6, 6.07) is 13.6. The summed E-state index contributed by atoms with van der Waals surface area (Å²) in [7, 11) is 2.22. The number of fused-ring (bicyclic) bond motifs is 5. The van der Waals surface area contributed by atoms with Crippen molar-refractivity contribution in [1.82, 2.24) is 4.90 Å². The Labute approximate surface area is 141 Å². The molecular formula is C19H20ClN3. The molecule has 2 atom stereocenters. The van der Waals surface area contributed by atoms with Gasteiger partial charge >= 0.3 is 0 Å². The Bertz CT molecular complexity index is 788. The highest BCUT2D eigenvalue weighted by molar-refractivity contribution is 6.31. The highest BCUT2D eigenvalue weighted by Gasteiger charge is 2.44. The van der Waals surface area contributed by atoms with E-state index in [0.29, 0.717) is 12.0 Å². The highest BCUT2D eigenvalue weighted by atomic mass is 35.5. The first-order valence-electron chi connectivity index (χ1n) is 8.35. The van der Waals surface area contributed by atoms with Crippen LogP contribution in [0.25, 0.3) is 0 Å². The largest absolute Gasteiger partial charge is 0.379 e. The van der Waals surface area contributed by atoms with Crippen molar-refractivity contribution in [3.05, 3.63) is 52.5 Å². The zero-order valence-corrected chi connectivity index (χ0v) is 14.0. The maximum atomic E-state index is 6.44. The number of nitrogens with one attached hydrogen (secondary N) is 1. The van der Waals surface area contributed by atoms with E-state index < -0.39 is 0 Å². The van der Waals surface area contributed by atoms with E-state index in [9.17, 15) is 0 Å². The molecule has 0 radical (unpaired) electrons. The van der Waals surface area contributed by atoms with Crippen LogP contribution in [0.5, 0.6) is 0 Å². The van der Waals surface area contributed by atoms with Gasteiger partial charge in [-0.15, -0.1) is 0 Å². The van der Waals surface area contributed by atoms with Crippen molar-refractivity contribution in [2.45, 2.75) is 24.9 Å². The molecule has 1 fully saturated rings. The van der Waals surface area contributed by atoms with Crippen molar-refractivity contribution in [3.8, 4) is 0 Å². The van der Waals surface area contributed by atoms with E-state index in [0.717, 1.165) is 24.7 Å². The lowest BCUT2D eigenvalue weighted by atomic mass is 9.89. The fourth-order valence-corrected chi connectivity index (χ4v) is 4.80. The van der Waals surface area contributed by atoms with E-state index in [1.165, 1.54) is 34.6 Å². The van der Waals surface area contributed by atoms with Gasteiger partial charge in [0.15, 0.2) is 0 Å². The Hall–Kier alpha value is -1.71. The third kappa shape index (κ3) is 1.93. The van der Waals surface area contributed by atoms with Gasteiger partial charge in [-0.3, -0.25) is 0 Å². The molecule has 5 rings (SSSR count). The minimum absolute atomic E-state index is 0.536. The van der Waals surface area contributed by atoms with Crippen LogP contribution < -0.4 is 10.2 Å². The summed E-state index contributed by atoms with van der Waals surface area (Å²) in [5.74, 6) is 0.536. The zero-order chi connectivity index (χ0) is 15.6. The summed E-state index contributed by atoms with van der Waals surface area (Å²) >= 11 is 6.44. The first-order valence-corrected chi connectivity index (χ1v) is 8.73. The van der Waals surface area contributed by atoms with Gasteiger partial charge in [-0.2, -0.15) is 0 Å². The number of hydrogen-bond donors (Lipinski definition) is 1. The number of nitrogens with zero attached hydrogens (tertiary/aromatic N) is 2. The Morgan fingerprint density at radius 1 is 1.22 bits per heavy atom. The zero-order valence-electron chi connectivity index (χ0n) is 13.2. The molecule has 0 saturated carbocycles. The Morgan fingerprint density at radius 2 is 2.09 bits per heavy atom. The Morgan fingerprint density at radius 3 is 3.00 bits per heavy atom. The second-order valence-electron chi connectivity index (χ2n) is 6.97. The maximum Gasteiger partial charge on any atom is 0.0687 e. The first kappa shape index (κ1) is 13.7. The van der Waals surface area contributed by atoms with Gasteiger partial charge in [0.1, 0.15) is 0 Å². The Kier molecular flexibility index (Phi) is 2.91. The smallest absolute Gasteiger partial charge is 0.0687 e. The summed E-state index contributed by atoms with van der Waals surface area (Å²) in [5, 5.41) is 4.45. The molecule has 118 valence electrons. The van der Waals surface area contributed by atoms with Gasteiger partial charge in [0, 0.05) is 35.8 Å². The number of piperidine rings is 1. The number of anilines is 3. The molecular weight excluding hydrogens is 306 g/mol. The monoisotopic (exact) mass is 325 g/mol. The molecule has 23 heavy (non-hydrogen) atoms. The molecule has 3 aliphatic rings. The SMILES string of the molecule is CN1CCC2C(C1)c1cc(Cl)cc3c1N2c1ccccc1CN3. The van der Waals surface area contributed by atoms with E-state index in [1.54, 1.807) is 0 Å². The minimum atomic E-state index is 0.536. The van der Waals surface area contributed by atoms with E-state index in [1.807, 2.05) is 0 Å². The van der Waals surface area contributed by atoms with Crippen LogP contribution in [0.15, 0.2) is 36.4 Å². The van der Waals surface area contributed by atoms with E-state index in [2.05, 4.69) is 58.6 Å². The fraction of sp³-hybridized carbons (Fsp3) is 0.368. The number of likely N-dealkylation sites (tertiary alicyclic amines) is 1. The van der Waals surface area contributed by atoms with Gasteiger partial charge in [0.05, 0.1) is 11.4 Å². The molecule has 3 heterocycles. The van der Waals surface area contributed by atoms with Gasteiger partial charge in [-0.05, 0) is 49.3 Å². The number of likely N-dealkylation sites (N-methyl/N-ethyl adjacent to an activating group) is 1. The van der Waals surface area contributed by atoms with E-state index in [4.69, 9.17) is 11.6 Å². The lowest BCUT2D eigenvalue weighted by Crippen LogP contribution is -2.43. The van der Waals surface area contributed by atoms with Crippen LogP contribution in [-0.2, 0) is 6.54 Å². The number of benzene rings is 2. The van der Waals surface area contributed by atoms with Crippen molar-refractivity contribution in [1.29, 1.82) is 0 Å². The van der Waals surface area contributed by atoms with Gasteiger partial charge in [-0.1, -0.05) is 29.8 Å². The second kappa shape index (κ2) is 4.89. The van der Waals surface area contributed by atoms with Crippen LogP contribution >= 0.6 is 11.6 Å². The summed E-state index contributed by atoms with van der Waals surface area (Å²) in [4.78, 5) is 5.04. The number of para-hydroxylation sites is 1. The quantitative estimate of drug-likeness (QED) is 0.783. The molecule has 1 N–H and O–H groups in total. The predicted molar refractivity (Wildman–Crippen MR) is 96.0 cm³/mol. The van der Waals surface area contributed by atoms with Crippen molar-refractivity contribution >= 4 is 28.7 Å². The average molecular weight is 326 g/mol. The second-order valence-corrected chi connectivity index (χ2v) is 7.40. The van der Waals surface area contributed by atoms with Gasteiger partial charge < -0.3 is 15.1 Å². The van der Waals surface area contributed by atoms with Crippen LogP contribution in [0, 0.1) is 0 Å². The van der Waals surface area contributed by atoms with Crippen LogP contribution in [0.3, 0.4) is 0 Å². The summed E-state index contributed by atoms with van der Waals surface area (Å²) in [6.45, 7) is 3.12. The number of halogens is 1. The van der Waals surface area contributed by atoms with Crippen LogP contribution in [-0.4, -0.2) is 31.1 Å². The molecule has 0 aromatic heterocycles. The van der Waals surface area contributed by atoms with Gasteiger partial charge in [0.25, 0.3) is 0 Å². The third-order valence-electron chi connectivity index (χ3n) is 5.58. The lowest BCUT2D eigenvalue weighted by Gasteiger charge is -2.37. The normalized spacial score (nSPS) is 25.2. The van der Waals surface area contributed by atoms with E-state index >= 15 is 0 Å². The molecule has 0 aliphatic carbocycles. The molecule has 1 saturated heterocycles. The maximum absolute atomic E-state index is 6.44. The van der Waals surface area contributed by atoms with Crippen LogP contribution in [0.1, 0.15) is 23.5 Å². The average Bonchev–Trinajstić information content (AvgIpc) is 2.76. The summed E-state index contributed by atoms with van der Waals surface area (Å²) < 4.78 is 0. The molecule has 2 aromatic rings. The molecule has 3 aliphatic heterocycles. The molecule has 3 nitrogen and oxygen atoms in total. The van der Waals surface area contributed by atoms with Gasteiger partial charge in [0.2, 0.25) is 0 Å². The topological polar surface area (TPSA) is 18.5 Å². The summed E-state index contributed by atoms with van der Waals surface area (Å²) in [6.07, 6.45) is 1.20. The fourth-order valence-electron chi connectivity index (χ4n) is 4.57. The Balaban J connectivity index is 1.77. The van der Waals surface area contributed by atoms with Crippen LogP contribution in [0.2, 0.25) is 5.02 Å². The van der Waals surface area contributed by atoms with Crippen molar-refractivity contribution in [2.75, 3.05) is 30.4 Å². The lowest BCUT2D eigenvalue weighted by molar-refractivity contribution is 0.236. The molecule has 2 aromatic carbocycles. The van der Waals surface area contributed by atoms with Crippen molar-refractivity contribution in [3.63, 3.8) is 0 Å². The van der Waals surface area contributed by atoms with Crippen LogP contribution in [0.4, 0.5) is 17.1 Å². The number of hydrogen-bond acceptors (Lipinski definition) is 3. The minimum Gasteiger partial charge on any atom is -0.379 e. The first-order chi connectivity index (χ1) is 11.2.